The van der Waals surface area contributed by atoms with Gasteiger partial charge in [0, 0.05) is 37.3 Å². The lowest BCUT2D eigenvalue weighted by atomic mass is 10.0. The van der Waals surface area contributed by atoms with E-state index in [0.717, 1.165) is 36.8 Å². The molecule has 2 heterocycles. The first-order chi connectivity index (χ1) is 20.4. The predicted octanol–water partition coefficient (Wildman–Crippen LogP) is 4.60. The maximum Gasteiger partial charge on any atom is 0.417 e. The number of imide groups is 1. The Bertz CT molecular complexity index is 1610. The van der Waals surface area contributed by atoms with E-state index < -0.39 is 39.1 Å². The molecule has 0 aromatic heterocycles. The first-order valence-electron chi connectivity index (χ1n) is 13.8. The van der Waals surface area contributed by atoms with Crippen LogP contribution < -0.4 is 4.90 Å². The fraction of sp³-hybridized carbons (Fsp3) is 0.400. The molecule has 0 spiro atoms. The second-order valence-electron chi connectivity index (χ2n) is 10.4. The number of anilines is 1. The number of unbranched alkanes of at least 4 members (excludes halogenated alkanes) is 3. The van der Waals surface area contributed by atoms with Gasteiger partial charge in [0.2, 0.25) is 10.0 Å². The lowest BCUT2D eigenvalue weighted by Gasteiger charge is -2.34. The number of halogens is 3. The molecular weight excluding hydrogens is 583 g/mol. The van der Waals surface area contributed by atoms with Crippen LogP contribution in [0.3, 0.4) is 0 Å². The van der Waals surface area contributed by atoms with E-state index in [2.05, 4.69) is 4.90 Å². The van der Waals surface area contributed by atoms with Crippen LogP contribution in [0.1, 0.15) is 55.7 Å². The van der Waals surface area contributed by atoms with E-state index >= 15 is 0 Å². The molecule has 13 heteroatoms. The summed E-state index contributed by atoms with van der Waals surface area (Å²) in [6.07, 6.45) is -1.37. The zero-order chi connectivity index (χ0) is 31.4. The number of hydrogen-bond acceptors (Lipinski definition) is 7. The van der Waals surface area contributed by atoms with Crippen molar-refractivity contribution in [3.8, 4) is 12.1 Å². The van der Waals surface area contributed by atoms with Crippen LogP contribution in [-0.2, 0) is 25.8 Å². The number of amides is 2. The van der Waals surface area contributed by atoms with Crippen LogP contribution in [0.15, 0.2) is 58.5 Å². The Morgan fingerprint density at radius 1 is 0.860 bits per heavy atom. The van der Waals surface area contributed by atoms with Crippen LogP contribution in [0.25, 0.3) is 0 Å². The average molecular weight is 614 g/mol. The van der Waals surface area contributed by atoms with Gasteiger partial charge in [-0.1, -0.05) is 12.8 Å². The van der Waals surface area contributed by atoms with Crippen molar-refractivity contribution in [1.82, 2.24) is 9.21 Å². The van der Waals surface area contributed by atoms with Gasteiger partial charge in [0.1, 0.15) is 0 Å². The molecule has 43 heavy (non-hydrogen) atoms. The second kappa shape index (κ2) is 13.1. The summed E-state index contributed by atoms with van der Waals surface area (Å²) >= 11 is 0. The van der Waals surface area contributed by atoms with Gasteiger partial charge >= 0.3 is 6.18 Å². The van der Waals surface area contributed by atoms with Crippen LogP contribution in [-0.4, -0.2) is 62.2 Å². The van der Waals surface area contributed by atoms with E-state index in [-0.39, 0.29) is 21.7 Å². The third-order valence-corrected chi connectivity index (χ3v) is 9.64. The predicted molar refractivity (Wildman–Crippen MR) is 151 cm³/mol. The highest BCUT2D eigenvalue weighted by atomic mass is 32.2. The molecule has 0 atom stereocenters. The summed E-state index contributed by atoms with van der Waals surface area (Å²) in [5, 5.41) is 17.9. The highest BCUT2D eigenvalue weighted by Crippen LogP contribution is 2.37. The summed E-state index contributed by atoms with van der Waals surface area (Å²) in [6, 6.07) is 12.1. The van der Waals surface area contributed by atoms with Gasteiger partial charge < -0.3 is 4.90 Å². The molecule has 0 radical (unpaired) electrons. The largest absolute Gasteiger partial charge is 0.417 e. The van der Waals surface area contributed by atoms with E-state index in [0.29, 0.717) is 50.7 Å². The molecule has 0 saturated carbocycles. The summed E-state index contributed by atoms with van der Waals surface area (Å²) in [5.41, 5.74) is -1.13. The van der Waals surface area contributed by atoms with Gasteiger partial charge in [-0.3, -0.25) is 9.59 Å². The minimum absolute atomic E-state index is 0.166. The number of nitrogens with zero attached hydrogens (tertiary/aromatic N) is 5. The molecule has 1 fully saturated rings. The fourth-order valence-corrected chi connectivity index (χ4v) is 6.67. The zero-order valence-electron chi connectivity index (χ0n) is 23.5. The van der Waals surface area contributed by atoms with E-state index in [4.69, 9.17) is 10.5 Å². The monoisotopic (exact) mass is 613 g/mol. The van der Waals surface area contributed by atoms with Crippen molar-refractivity contribution in [2.75, 3.05) is 37.6 Å². The number of benzene rings is 2. The van der Waals surface area contributed by atoms with Crippen molar-refractivity contribution >= 4 is 27.5 Å². The lowest BCUT2D eigenvalue weighted by molar-refractivity contribution is -0.138. The van der Waals surface area contributed by atoms with E-state index in [1.807, 2.05) is 6.07 Å². The Hall–Kier alpha value is -4.04. The van der Waals surface area contributed by atoms with E-state index in [1.54, 1.807) is 0 Å². The first-order valence-corrected chi connectivity index (χ1v) is 15.2. The quantitative estimate of drug-likeness (QED) is 0.283. The number of piperazine rings is 1. The van der Waals surface area contributed by atoms with E-state index in [1.165, 1.54) is 47.6 Å². The SMILES string of the molecule is CC1=C(CCCCCCN2CCN(S(=O)(=O)c3ccc(C#N)cc3)CC2)C(=O)N(c2ccc(C#N)c(C(F)(F)F)c2)C1=O. The average Bonchev–Trinajstić information content (AvgIpc) is 3.20. The summed E-state index contributed by atoms with van der Waals surface area (Å²) in [6.45, 7) is 4.21. The number of alkyl halides is 3. The lowest BCUT2D eigenvalue weighted by Crippen LogP contribution is -2.48. The van der Waals surface area contributed by atoms with Crippen LogP contribution in [0.4, 0.5) is 18.9 Å². The van der Waals surface area contributed by atoms with Crippen molar-refractivity contribution in [3.05, 3.63) is 70.3 Å². The van der Waals surface area contributed by atoms with Crippen molar-refractivity contribution in [3.63, 3.8) is 0 Å². The van der Waals surface area contributed by atoms with Crippen LogP contribution in [0, 0.1) is 22.7 Å². The van der Waals surface area contributed by atoms with Crippen LogP contribution >= 0.6 is 0 Å². The summed E-state index contributed by atoms with van der Waals surface area (Å²) in [4.78, 5) is 28.9. The van der Waals surface area contributed by atoms with E-state index in [9.17, 15) is 31.2 Å². The van der Waals surface area contributed by atoms with Crippen LogP contribution in [0.2, 0.25) is 0 Å². The molecule has 2 aliphatic heterocycles. The molecule has 0 N–H and O–H groups in total. The molecule has 2 amide bonds. The minimum Gasteiger partial charge on any atom is -0.301 e. The molecule has 0 aliphatic carbocycles. The van der Waals surface area contributed by atoms with Gasteiger partial charge in [-0.05, 0) is 75.2 Å². The van der Waals surface area contributed by atoms with Gasteiger partial charge in [-0.25, -0.2) is 13.3 Å². The molecule has 226 valence electrons. The molecule has 9 nitrogen and oxygen atoms in total. The number of hydrogen-bond donors (Lipinski definition) is 0. The Labute approximate surface area is 248 Å². The zero-order valence-corrected chi connectivity index (χ0v) is 24.3. The van der Waals surface area contributed by atoms with Gasteiger partial charge in [0.25, 0.3) is 11.8 Å². The second-order valence-corrected chi connectivity index (χ2v) is 12.4. The molecule has 0 unspecified atom stereocenters. The minimum atomic E-state index is -4.81. The molecule has 0 bridgehead atoms. The Kier molecular flexibility index (Phi) is 9.70. The molecule has 2 aliphatic rings. The number of sulfonamides is 1. The third-order valence-electron chi connectivity index (χ3n) is 7.73. The Morgan fingerprint density at radius 3 is 2.12 bits per heavy atom. The standard InChI is InChI=1S/C30H30F3N5O4S/c1-21-26(29(40)38(28(21)39)24-10-9-23(20-35)27(18-24)30(31,32)33)6-4-2-3-5-13-36-14-16-37(17-15-36)43(41,42)25-11-7-22(19-34)8-12-25/h7-12,18H,2-6,13-17H2,1H3. The normalized spacial score (nSPS) is 16.9. The Morgan fingerprint density at radius 2 is 1.51 bits per heavy atom. The summed E-state index contributed by atoms with van der Waals surface area (Å²) in [7, 11) is -3.62. The van der Waals surface area contributed by atoms with Gasteiger partial charge in [-0.15, -0.1) is 0 Å². The fourth-order valence-electron chi connectivity index (χ4n) is 5.25. The molecule has 2 aromatic carbocycles. The maximum atomic E-state index is 13.4. The van der Waals surface area contributed by atoms with Crippen molar-refractivity contribution < 1.29 is 31.2 Å². The highest BCUT2D eigenvalue weighted by molar-refractivity contribution is 7.89. The smallest absolute Gasteiger partial charge is 0.301 e. The number of carbonyl (C=O) groups is 2. The molecule has 1 saturated heterocycles. The molecular formula is C30H30F3N5O4S. The van der Waals surface area contributed by atoms with Crippen LogP contribution in [0.5, 0.6) is 0 Å². The topological polar surface area (TPSA) is 126 Å². The number of carbonyl (C=O) groups excluding carboxylic acids is 2. The van der Waals surface area contributed by atoms with Crippen molar-refractivity contribution in [1.29, 1.82) is 10.5 Å². The van der Waals surface area contributed by atoms with Gasteiger partial charge in [0.05, 0.1) is 39.4 Å². The van der Waals surface area contributed by atoms with Crippen molar-refractivity contribution in [2.45, 2.75) is 50.1 Å². The maximum absolute atomic E-state index is 13.4. The van der Waals surface area contributed by atoms with Crippen molar-refractivity contribution in [2.24, 2.45) is 0 Å². The summed E-state index contributed by atoms with van der Waals surface area (Å²) < 4.78 is 67.4. The van der Waals surface area contributed by atoms with Gasteiger partial charge in [-0.2, -0.15) is 28.0 Å². The highest BCUT2D eigenvalue weighted by Gasteiger charge is 2.39. The first kappa shape index (κ1) is 31.9. The molecule has 2 aromatic rings. The number of nitriles is 2. The number of rotatable bonds is 10. The third kappa shape index (κ3) is 6.96. The molecule has 4 rings (SSSR count). The van der Waals surface area contributed by atoms with Gasteiger partial charge in [0.15, 0.2) is 0 Å². The summed E-state index contributed by atoms with van der Waals surface area (Å²) in [5.74, 6) is -1.31. The Balaban J connectivity index is 1.22.